The number of nitrogens with zero attached hydrogens (tertiary/aromatic N) is 1. The third kappa shape index (κ3) is 4.12. The minimum atomic E-state index is 0.299. The highest BCUT2D eigenvalue weighted by atomic mass is 35.5. The first-order chi connectivity index (χ1) is 9.19. The molecule has 0 bridgehead atoms. The third-order valence-electron chi connectivity index (χ3n) is 3.25. The first-order valence-electron chi connectivity index (χ1n) is 6.82. The van der Waals surface area contributed by atoms with Crippen LogP contribution in [0.25, 0.3) is 0 Å². The Balaban J connectivity index is 1.90. The molecule has 0 saturated heterocycles. The summed E-state index contributed by atoms with van der Waals surface area (Å²) in [5.74, 6) is 0. The van der Waals surface area contributed by atoms with Crippen molar-refractivity contribution in [3.05, 3.63) is 58.9 Å². The van der Waals surface area contributed by atoms with E-state index in [1.165, 1.54) is 17.5 Å². The van der Waals surface area contributed by atoms with E-state index >= 15 is 0 Å². The van der Waals surface area contributed by atoms with Gasteiger partial charge in [0.2, 0.25) is 0 Å². The molecule has 0 saturated carbocycles. The van der Waals surface area contributed by atoms with Crippen molar-refractivity contribution in [2.75, 3.05) is 0 Å². The van der Waals surface area contributed by atoms with Crippen LogP contribution in [0.1, 0.15) is 37.4 Å². The highest BCUT2D eigenvalue weighted by Crippen LogP contribution is 2.17. The molecule has 0 spiro atoms. The molecule has 102 valence electrons. The van der Waals surface area contributed by atoms with E-state index in [9.17, 15) is 0 Å². The molecule has 3 heteroatoms. The SMILES string of the molecule is CCCn1ccc(CN[C@@H](C)c2cccc(Cl)c2)c1. The molecule has 0 radical (unpaired) electrons. The van der Waals surface area contributed by atoms with Crippen LogP contribution in [0.2, 0.25) is 5.02 Å². The zero-order valence-electron chi connectivity index (χ0n) is 11.6. The molecule has 0 fully saturated rings. The molecule has 0 aliphatic rings. The standard InChI is InChI=1S/C16H21ClN2/c1-3-8-19-9-7-14(12-19)11-18-13(2)15-5-4-6-16(17)10-15/h4-7,9-10,12-13,18H,3,8,11H2,1-2H3/t13-/m0/s1. The van der Waals surface area contributed by atoms with Gasteiger partial charge in [-0.2, -0.15) is 0 Å². The second-order valence-corrected chi connectivity index (χ2v) is 5.35. The van der Waals surface area contributed by atoms with Crippen LogP contribution >= 0.6 is 11.6 Å². The van der Waals surface area contributed by atoms with E-state index in [4.69, 9.17) is 11.6 Å². The van der Waals surface area contributed by atoms with Crippen molar-refractivity contribution in [3.63, 3.8) is 0 Å². The smallest absolute Gasteiger partial charge is 0.0409 e. The van der Waals surface area contributed by atoms with Gasteiger partial charge < -0.3 is 9.88 Å². The Bertz CT molecular complexity index is 519. The summed E-state index contributed by atoms with van der Waals surface area (Å²) in [6.45, 7) is 6.32. The van der Waals surface area contributed by atoms with Crippen molar-refractivity contribution in [2.24, 2.45) is 0 Å². The number of hydrogen-bond donors (Lipinski definition) is 1. The average molecular weight is 277 g/mol. The molecule has 0 aliphatic carbocycles. The summed E-state index contributed by atoms with van der Waals surface area (Å²) in [6.07, 6.45) is 5.52. The fourth-order valence-electron chi connectivity index (χ4n) is 2.16. The van der Waals surface area contributed by atoms with E-state index in [0.29, 0.717) is 6.04 Å². The lowest BCUT2D eigenvalue weighted by molar-refractivity contribution is 0.573. The molecule has 19 heavy (non-hydrogen) atoms. The van der Waals surface area contributed by atoms with Crippen LogP contribution in [-0.2, 0) is 13.1 Å². The number of benzene rings is 1. The van der Waals surface area contributed by atoms with Gasteiger partial charge in [-0.3, -0.25) is 0 Å². The molecule has 1 atom stereocenters. The van der Waals surface area contributed by atoms with Gasteiger partial charge in [-0.25, -0.2) is 0 Å². The van der Waals surface area contributed by atoms with Gasteiger partial charge in [0, 0.05) is 36.5 Å². The van der Waals surface area contributed by atoms with Gasteiger partial charge >= 0.3 is 0 Å². The Morgan fingerprint density at radius 2 is 2.16 bits per heavy atom. The van der Waals surface area contributed by atoms with Crippen LogP contribution in [0.4, 0.5) is 0 Å². The Morgan fingerprint density at radius 1 is 1.32 bits per heavy atom. The number of aryl methyl sites for hydroxylation is 1. The molecule has 1 heterocycles. The van der Waals surface area contributed by atoms with Crippen molar-refractivity contribution in [1.82, 2.24) is 9.88 Å². The first kappa shape index (κ1) is 14.2. The van der Waals surface area contributed by atoms with Crippen LogP contribution in [0, 0.1) is 0 Å². The van der Waals surface area contributed by atoms with Crippen molar-refractivity contribution in [1.29, 1.82) is 0 Å². The number of rotatable bonds is 6. The van der Waals surface area contributed by atoms with Crippen LogP contribution in [0.5, 0.6) is 0 Å². The molecule has 0 unspecified atom stereocenters. The fraction of sp³-hybridized carbons (Fsp3) is 0.375. The monoisotopic (exact) mass is 276 g/mol. The molecule has 0 aliphatic heterocycles. The molecular formula is C16H21ClN2. The fourth-order valence-corrected chi connectivity index (χ4v) is 2.36. The largest absolute Gasteiger partial charge is 0.354 e. The summed E-state index contributed by atoms with van der Waals surface area (Å²) in [7, 11) is 0. The first-order valence-corrected chi connectivity index (χ1v) is 7.20. The minimum absolute atomic E-state index is 0.299. The van der Waals surface area contributed by atoms with Gasteiger partial charge in [0.25, 0.3) is 0 Å². The van der Waals surface area contributed by atoms with E-state index in [0.717, 1.165) is 18.1 Å². The summed E-state index contributed by atoms with van der Waals surface area (Å²) in [5.41, 5.74) is 2.54. The molecule has 2 aromatic rings. The molecule has 2 rings (SSSR count). The third-order valence-corrected chi connectivity index (χ3v) is 3.49. The van der Waals surface area contributed by atoms with Crippen molar-refractivity contribution < 1.29 is 0 Å². The highest BCUT2D eigenvalue weighted by molar-refractivity contribution is 6.30. The Morgan fingerprint density at radius 3 is 2.89 bits per heavy atom. The summed E-state index contributed by atoms with van der Waals surface area (Å²) in [4.78, 5) is 0. The Hall–Kier alpha value is -1.25. The van der Waals surface area contributed by atoms with Gasteiger partial charge in [0.15, 0.2) is 0 Å². The number of aromatic nitrogens is 1. The predicted octanol–water partition coefficient (Wildman–Crippen LogP) is 4.40. The van der Waals surface area contributed by atoms with Gasteiger partial charge in [-0.1, -0.05) is 30.7 Å². The number of nitrogens with one attached hydrogen (secondary N) is 1. The van der Waals surface area contributed by atoms with Gasteiger partial charge in [-0.05, 0) is 42.7 Å². The maximum Gasteiger partial charge on any atom is 0.0409 e. The van der Waals surface area contributed by atoms with Crippen molar-refractivity contribution >= 4 is 11.6 Å². The number of halogens is 1. The van der Waals surface area contributed by atoms with Gasteiger partial charge in [-0.15, -0.1) is 0 Å². The normalized spacial score (nSPS) is 12.6. The predicted molar refractivity (Wildman–Crippen MR) is 81.4 cm³/mol. The maximum absolute atomic E-state index is 6.01. The summed E-state index contributed by atoms with van der Waals surface area (Å²) >= 11 is 6.01. The van der Waals surface area contributed by atoms with Crippen molar-refractivity contribution in [3.8, 4) is 0 Å². The van der Waals surface area contributed by atoms with Crippen LogP contribution in [-0.4, -0.2) is 4.57 Å². The maximum atomic E-state index is 6.01. The highest BCUT2D eigenvalue weighted by Gasteiger charge is 2.05. The van der Waals surface area contributed by atoms with Crippen molar-refractivity contribution in [2.45, 2.75) is 39.4 Å². The zero-order chi connectivity index (χ0) is 13.7. The molecule has 2 nitrogen and oxygen atoms in total. The number of hydrogen-bond acceptors (Lipinski definition) is 1. The average Bonchev–Trinajstić information content (AvgIpc) is 2.84. The molecule has 1 N–H and O–H groups in total. The Labute approximate surface area is 120 Å². The quantitative estimate of drug-likeness (QED) is 0.827. The van der Waals surface area contributed by atoms with Crippen LogP contribution in [0.3, 0.4) is 0 Å². The zero-order valence-corrected chi connectivity index (χ0v) is 12.3. The van der Waals surface area contributed by atoms with E-state index in [1.54, 1.807) is 0 Å². The van der Waals surface area contributed by atoms with Crippen LogP contribution < -0.4 is 5.32 Å². The van der Waals surface area contributed by atoms with E-state index in [2.05, 4.69) is 48.3 Å². The van der Waals surface area contributed by atoms with Gasteiger partial charge in [0.05, 0.1) is 0 Å². The van der Waals surface area contributed by atoms with E-state index in [-0.39, 0.29) is 0 Å². The molecule has 1 aromatic carbocycles. The lowest BCUT2D eigenvalue weighted by Crippen LogP contribution is -2.17. The molecule has 0 amide bonds. The van der Waals surface area contributed by atoms with E-state index in [1.807, 2.05) is 18.2 Å². The van der Waals surface area contributed by atoms with Gasteiger partial charge in [0.1, 0.15) is 0 Å². The summed E-state index contributed by atoms with van der Waals surface area (Å²) < 4.78 is 2.24. The lowest BCUT2D eigenvalue weighted by Gasteiger charge is -2.14. The molecule has 1 aromatic heterocycles. The molecular weight excluding hydrogens is 256 g/mol. The summed E-state index contributed by atoms with van der Waals surface area (Å²) in [6, 6.07) is 10.5. The van der Waals surface area contributed by atoms with Crippen LogP contribution in [0.15, 0.2) is 42.7 Å². The topological polar surface area (TPSA) is 17.0 Å². The lowest BCUT2D eigenvalue weighted by atomic mass is 10.1. The second-order valence-electron chi connectivity index (χ2n) is 4.92. The summed E-state index contributed by atoms with van der Waals surface area (Å²) in [5, 5.41) is 4.32. The second kappa shape index (κ2) is 6.78. The Kier molecular flexibility index (Phi) is 5.06. The van der Waals surface area contributed by atoms with E-state index < -0.39 is 0 Å². The minimum Gasteiger partial charge on any atom is -0.354 e.